The third kappa shape index (κ3) is 2.15. The molecule has 0 unspecified atom stereocenters. The molecule has 0 atom stereocenters. The van der Waals surface area contributed by atoms with E-state index in [1.807, 2.05) is 0 Å². The molecule has 21 heavy (non-hydrogen) atoms. The number of aromatic nitrogens is 3. The Hall–Kier alpha value is -0.860. The van der Waals surface area contributed by atoms with Crippen molar-refractivity contribution >= 4 is 0 Å². The number of hydrogen-bond donors (Lipinski definition) is 0. The summed E-state index contributed by atoms with van der Waals surface area (Å²) in [7, 11) is 0. The zero-order chi connectivity index (χ0) is 14.4. The van der Waals surface area contributed by atoms with Gasteiger partial charge in [0.15, 0.2) is 0 Å². The molecule has 4 aliphatic carbocycles. The van der Waals surface area contributed by atoms with Gasteiger partial charge in [0.2, 0.25) is 0 Å². The normalized spacial score (nSPS) is 37.3. The molecule has 4 aliphatic rings. The van der Waals surface area contributed by atoms with Gasteiger partial charge < -0.3 is 4.57 Å². The molecule has 0 radical (unpaired) electrons. The molecule has 3 heteroatoms. The van der Waals surface area contributed by atoms with Gasteiger partial charge in [-0.3, -0.25) is 0 Å². The fourth-order valence-electron chi connectivity index (χ4n) is 5.98. The third-order valence-corrected chi connectivity index (χ3v) is 6.26. The highest BCUT2D eigenvalue weighted by molar-refractivity contribution is 5.19. The summed E-state index contributed by atoms with van der Waals surface area (Å²) < 4.78 is 2.51. The molecule has 3 nitrogen and oxygen atoms in total. The lowest BCUT2D eigenvalue weighted by atomic mass is 9.49. The zero-order valence-electron chi connectivity index (χ0n) is 13.6. The molecule has 0 N–H and O–H groups in total. The summed E-state index contributed by atoms with van der Waals surface area (Å²) in [6.45, 7) is 5.63. The van der Waals surface area contributed by atoms with E-state index in [9.17, 15) is 0 Å². The first kappa shape index (κ1) is 13.8. The predicted molar refractivity (Wildman–Crippen MR) is 84.2 cm³/mol. The van der Waals surface area contributed by atoms with Crippen LogP contribution in [0, 0.1) is 17.8 Å². The molecule has 4 fully saturated rings. The Morgan fingerprint density at radius 1 is 0.952 bits per heavy atom. The summed E-state index contributed by atoms with van der Waals surface area (Å²) in [6.07, 6.45) is 12.1. The Morgan fingerprint density at radius 2 is 1.57 bits per heavy atom. The van der Waals surface area contributed by atoms with Gasteiger partial charge in [0.25, 0.3) is 0 Å². The van der Waals surface area contributed by atoms with Gasteiger partial charge in [-0.25, -0.2) is 0 Å². The standard InChI is InChI=1S/C18H29N3/c1-3-5-16-19-20-17(21(16)6-4-2)18-10-13-7-14(11-18)9-15(8-13)12-18/h13-15H,3-12H2,1-2H3. The summed E-state index contributed by atoms with van der Waals surface area (Å²) in [5.41, 5.74) is 0.392. The first-order valence-corrected chi connectivity index (χ1v) is 9.16. The molecule has 4 saturated carbocycles. The highest BCUT2D eigenvalue weighted by atomic mass is 15.3. The minimum absolute atomic E-state index is 0.392. The molecule has 5 rings (SSSR count). The van der Waals surface area contributed by atoms with Crippen LogP contribution in [0.4, 0.5) is 0 Å². The van der Waals surface area contributed by atoms with E-state index in [2.05, 4.69) is 23.5 Å². The maximum absolute atomic E-state index is 4.76. The number of aryl methyl sites for hydroxylation is 1. The van der Waals surface area contributed by atoms with Gasteiger partial charge >= 0.3 is 0 Å². The molecule has 0 spiro atoms. The first-order chi connectivity index (χ1) is 10.2. The molecule has 0 aromatic carbocycles. The van der Waals surface area contributed by atoms with Crippen LogP contribution in [0.25, 0.3) is 0 Å². The smallest absolute Gasteiger partial charge is 0.139 e. The van der Waals surface area contributed by atoms with Gasteiger partial charge in [0, 0.05) is 18.4 Å². The molecule has 1 aromatic heterocycles. The topological polar surface area (TPSA) is 30.7 Å². The van der Waals surface area contributed by atoms with Crippen LogP contribution < -0.4 is 0 Å². The summed E-state index contributed by atoms with van der Waals surface area (Å²) in [5.74, 6) is 5.56. The molecule has 116 valence electrons. The summed E-state index contributed by atoms with van der Waals surface area (Å²) in [6, 6.07) is 0. The molecule has 0 aliphatic heterocycles. The van der Waals surface area contributed by atoms with E-state index < -0.39 is 0 Å². The van der Waals surface area contributed by atoms with Crippen molar-refractivity contribution in [3.8, 4) is 0 Å². The second kappa shape index (κ2) is 5.10. The van der Waals surface area contributed by atoms with E-state index in [-0.39, 0.29) is 0 Å². The van der Waals surface area contributed by atoms with Crippen molar-refractivity contribution in [1.82, 2.24) is 14.8 Å². The highest BCUT2D eigenvalue weighted by Crippen LogP contribution is 2.60. The summed E-state index contributed by atoms with van der Waals surface area (Å²) in [4.78, 5) is 0. The minimum Gasteiger partial charge on any atom is -0.315 e. The van der Waals surface area contributed by atoms with E-state index in [4.69, 9.17) is 5.10 Å². The van der Waals surface area contributed by atoms with Crippen LogP contribution in [0.1, 0.15) is 76.9 Å². The van der Waals surface area contributed by atoms with E-state index in [0.29, 0.717) is 5.41 Å². The summed E-state index contributed by atoms with van der Waals surface area (Å²) in [5, 5.41) is 9.35. The fourth-order valence-corrected chi connectivity index (χ4v) is 5.98. The quantitative estimate of drug-likeness (QED) is 0.816. The number of nitrogens with zero attached hydrogens (tertiary/aromatic N) is 3. The maximum Gasteiger partial charge on any atom is 0.139 e. The van der Waals surface area contributed by atoms with Crippen LogP contribution in [-0.4, -0.2) is 14.8 Å². The van der Waals surface area contributed by atoms with Crippen molar-refractivity contribution in [3.05, 3.63) is 11.6 Å². The Balaban J connectivity index is 1.72. The van der Waals surface area contributed by atoms with Gasteiger partial charge in [-0.2, -0.15) is 0 Å². The van der Waals surface area contributed by atoms with Crippen molar-refractivity contribution in [3.63, 3.8) is 0 Å². The monoisotopic (exact) mass is 287 g/mol. The Morgan fingerprint density at radius 3 is 2.10 bits per heavy atom. The zero-order valence-corrected chi connectivity index (χ0v) is 13.6. The largest absolute Gasteiger partial charge is 0.315 e. The van der Waals surface area contributed by atoms with Gasteiger partial charge in [-0.05, 0) is 69.1 Å². The van der Waals surface area contributed by atoms with Crippen LogP contribution in [0.2, 0.25) is 0 Å². The molecule has 1 heterocycles. The lowest BCUT2D eigenvalue weighted by molar-refractivity contribution is -0.0112. The Kier molecular flexibility index (Phi) is 3.35. The molecule has 0 saturated heterocycles. The average Bonchev–Trinajstić information content (AvgIpc) is 2.82. The minimum atomic E-state index is 0.392. The average molecular weight is 287 g/mol. The molecule has 4 bridgehead atoms. The van der Waals surface area contributed by atoms with Crippen LogP contribution in [0.5, 0.6) is 0 Å². The van der Waals surface area contributed by atoms with E-state index in [0.717, 1.165) is 30.7 Å². The van der Waals surface area contributed by atoms with E-state index in [1.165, 1.54) is 63.0 Å². The van der Waals surface area contributed by atoms with Crippen LogP contribution in [0.15, 0.2) is 0 Å². The van der Waals surface area contributed by atoms with E-state index in [1.54, 1.807) is 0 Å². The second-order valence-electron chi connectivity index (χ2n) is 8.04. The Labute approximate surface area is 128 Å². The Bertz CT molecular complexity index is 481. The van der Waals surface area contributed by atoms with Gasteiger partial charge in [0.1, 0.15) is 11.6 Å². The second-order valence-corrected chi connectivity index (χ2v) is 8.04. The third-order valence-electron chi connectivity index (χ3n) is 6.26. The van der Waals surface area contributed by atoms with Crippen molar-refractivity contribution in [2.75, 3.05) is 0 Å². The predicted octanol–water partition coefficient (Wildman–Crippen LogP) is 4.11. The molecule has 0 amide bonds. The van der Waals surface area contributed by atoms with Crippen LogP contribution >= 0.6 is 0 Å². The van der Waals surface area contributed by atoms with Gasteiger partial charge in [0.05, 0.1) is 0 Å². The van der Waals surface area contributed by atoms with Gasteiger partial charge in [-0.1, -0.05) is 13.8 Å². The van der Waals surface area contributed by atoms with E-state index >= 15 is 0 Å². The number of hydrogen-bond acceptors (Lipinski definition) is 2. The molecule has 1 aromatic rings. The van der Waals surface area contributed by atoms with Crippen LogP contribution in [0.3, 0.4) is 0 Å². The lowest BCUT2D eigenvalue weighted by Gasteiger charge is -2.56. The van der Waals surface area contributed by atoms with Crippen molar-refractivity contribution in [2.24, 2.45) is 17.8 Å². The maximum atomic E-state index is 4.76. The SMILES string of the molecule is CCCc1nnc(C23CC4CC(CC(C4)C2)C3)n1CCC. The molecular weight excluding hydrogens is 258 g/mol. The van der Waals surface area contributed by atoms with Crippen molar-refractivity contribution < 1.29 is 0 Å². The first-order valence-electron chi connectivity index (χ1n) is 9.16. The van der Waals surface area contributed by atoms with Crippen molar-refractivity contribution in [2.45, 2.75) is 83.6 Å². The lowest BCUT2D eigenvalue weighted by Crippen LogP contribution is -2.49. The number of rotatable bonds is 5. The fraction of sp³-hybridized carbons (Fsp3) is 0.889. The van der Waals surface area contributed by atoms with Crippen LogP contribution in [-0.2, 0) is 18.4 Å². The summed E-state index contributed by atoms with van der Waals surface area (Å²) >= 11 is 0. The van der Waals surface area contributed by atoms with Crippen molar-refractivity contribution in [1.29, 1.82) is 0 Å². The van der Waals surface area contributed by atoms with Gasteiger partial charge in [-0.15, -0.1) is 10.2 Å². The highest BCUT2D eigenvalue weighted by Gasteiger charge is 2.53. The molecular formula is C18H29N3.